The second kappa shape index (κ2) is 12.3. The van der Waals surface area contributed by atoms with Gasteiger partial charge in [-0.2, -0.15) is 0 Å². The second-order valence-corrected chi connectivity index (χ2v) is 12.8. The first-order chi connectivity index (χ1) is 18.0. The van der Waals surface area contributed by atoms with Crippen LogP contribution in [0.15, 0.2) is 82.7 Å². The predicted molar refractivity (Wildman–Crippen MR) is 170 cm³/mol. The van der Waals surface area contributed by atoms with Gasteiger partial charge in [-0.3, -0.25) is 9.69 Å². The van der Waals surface area contributed by atoms with Crippen LogP contribution in [0.4, 0.5) is 5.69 Å². The van der Waals surface area contributed by atoms with Crippen LogP contribution < -0.4 is 4.74 Å². The standard InChI is InChI=1S/C30H28I2N2O2S/c1-20-10-8-9-15-26(20)34-29(35)27(37-30(34)33-23-13-6-3-7-14-23)18-22-16-24(31)28(25(32)17-22)36-19-21-11-4-2-5-12-21/h2-7,11-14,16-18,20,26H,8-10,15,19H2,1H3/b27-18-,33-30?/t20-,26+/m0/s1. The molecule has 37 heavy (non-hydrogen) atoms. The maximum Gasteiger partial charge on any atom is 0.267 e. The van der Waals surface area contributed by atoms with E-state index in [1.54, 1.807) is 0 Å². The number of carbonyl (C=O) groups is 1. The van der Waals surface area contributed by atoms with Gasteiger partial charge in [0, 0.05) is 6.04 Å². The molecule has 2 aliphatic rings. The van der Waals surface area contributed by atoms with E-state index in [4.69, 9.17) is 9.73 Å². The van der Waals surface area contributed by atoms with Crippen LogP contribution in [0.5, 0.6) is 5.75 Å². The molecule has 0 bridgehead atoms. The number of carbonyl (C=O) groups excluding carboxylic acids is 1. The van der Waals surface area contributed by atoms with Crippen LogP contribution in [0.3, 0.4) is 0 Å². The summed E-state index contributed by atoms with van der Waals surface area (Å²) in [6.07, 6.45) is 6.57. The molecule has 1 heterocycles. The fourth-order valence-corrected chi connectivity index (χ4v) is 8.00. The lowest BCUT2D eigenvalue weighted by Crippen LogP contribution is -2.44. The topological polar surface area (TPSA) is 41.9 Å². The first-order valence-corrected chi connectivity index (χ1v) is 15.5. The van der Waals surface area contributed by atoms with Crippen LogP contribution in [-0.4, -0.2) is 22.0 Å². The summed E-state index contributed by atoms with van der Waals surface area (Å²) in [5.74, 6) is 1.40. The predicted octanol–water partition coefficient (Wildman–Crippen LogP) is 8.66. The highest BCUT2D eigenvalue weighted by Crippen LogP contribution is 2.40. The summed E-state index contributed by atoms with van der Waals surface area (Å²) in [4.78, 5) is 21.4. The normalized spacial score (nSPS) is 22.1. The van der Waals surface area contributed by atoms with Crippen molar-refractivity contribution in [2.45, 2.75) is 45.3 Å². The third-order valence-electron chi connectivity index (χ3n) is 6.76. The minimum Gasteiger partial charge on any atom is -0.487 e. The monoisotopic (exact) mass is 734 g/mol. The molecule has 2 atom stereocenters. The molecule has 5 rings (SSSR count). The Morgan fingerprint density at radius 1 is 1.00 bits per heavy atom. The number of amides is 1. The highest BCUT2D eigenvalue weighted by atomic mass is 127. The highest BCUT2D eigenvalue weighted by molar-refractivity contribution is 14.1. The molecule has 0 radical (unpaired) electrons. The molecule has 0 unspecified atom stereocenters. The van der Waals surface area contributed by atoms with E-state index in [1.807, 2.05) is 59.5 Å². The summed E-state index contributed by atoms with van der Waals surface area (Å²) in [6, 6.07) is 24.5. The van der Waals surface area contributed by atoms with Gasteiger partial charge in [-0.25, -0.2) is 4.99 Å². The second-order valence-electron chi connectivity index (χ2n) is 9.43. The van der Waals surface area contributed by atoms with Gasteiger partial charge in [0.2, 0.25) is 0 Å². The van der Waals surface area contributed by atoms with Gasteiger partial charge in [-0.05, 0) is 117 Å². The smallest absolute Gasteiger partial charge is 0.267 e. The zero-order valence-corrected chi connectivity index (χ0v) is 25.7. The van der Waals surface area contributed by atoms with E-state index in [1.165, 1.54) is 18.2 Å². The maximum absolute atomic E-state index is 13.8. The van der Waals surface area contributed by atoms with Gasteiger partial charge < -0.3 is 4.74 Å². The number of benzene rings is 3. The van der Waals surface area contributed by atoms with Crippen molar-refractivity contribution in [3.8, 4) is 5.75 Å². The van der Waals surface area contributed by atoms with E-state index in [9.17, 15) is 4.79 Å². The Labute approximate surface area is 250 Å². The van der Waals surface area contributed by atoms with Crippen LogP contribution in [0.25, 0.3) is 6.08 Å². The third-order valence-corrected chi connectivity index (χ3v) is 9.35. The number of hydrogen-bond acceptors (Lipinski definition) is 4. The Morgan fingerprint density at radius 2 is 1.65 bits per heavy atom. The van der Waals surface area contributed by atoms with Crippen LogP contribution in [0.2, 0.25) is 0 Å². The largest absolute Gasteiger partial charge is 0.487 e. The van der Waals surface area contributed by atoms with E-state index in [0.717, 1.165) is 59.0 Å². The van der Waals surface area contributed by atoms with Crippen molar-refractivity contribution >= 4 is 79.8 Å². The average Bonchev–Trinajstić information content (AvgIpc) is 3.19. The quantitative estimate of drug-likeness (QED) is 0.188. The minimum absolute atomic E-state index is 0.0628. The van der Waals surface area contributed by atoms with Crippen molar-refractivity contribution in [2.75, 3.05) is 0 Å². The zero-order chi connectivity index (χ0) is 25.8. The van der Waals surface area contributed by atoms with Crippen molar-refractivity contribution in [3.63, 3.8) is 0 Å². The van der Waals surface area contributed by atoms with Crippen LogP contribution >= 0.6 is 56.9 Å². The summed E-state index contributed by atoms with van der Waals surface area (Å²) in [6.45, 7) is 2.79. The van der Waals surface area contributed by atoms with Gasteiger partial charge >= 0.3 is 0 Å². The number of thioether (sulfide) groups is 1. The number of para-hydroxylation sites is 1. The van der Waals surface area contributed by atoms with E-state index in [0.29, 0.717) is 12.5 Å². The summed E-state index contributed by atoms with van der Waals surface area (Å²) < 4.78 is 8.21. The molecule has 1 aliphatic heterocycles. The molecule has 4 nitrogen and oxygen atoms in total. The Balaban J connectivity index is 1.43. The van der Waals surface area contributed by atoms with Crippen LogP contribution in [-0.2, 0) is 11.4 Å². The van der Waals surface area contributed by atoms with Gasteiger partial charge in [-0.15, -0.1) is 0 Å². The van der Waals surface area contributed by atoms with Gasteiger partial charge in [0.1, 0.15) is 12.4 Å². The lowest BCUT2D eigenvalue weighted by Gasteiger charge is -2.35. The molecule has 190 valence electrons. The van der Waals surface area contributed by atoms with Gasteiger partial charge in [0.05, 0.1) is 17.7 Å². The summed E-state index contributed by atoms with van der Waals surface area (Å²) >= 11 is 6.13. The van der Waals surface area contributed by atoms with Crippen molar-refractivity contribution < 1.29 is 9.53 Å². The molecule has 3 aromatic carbocycles. The van der Waals surface area contributed by atoms with E-state index in [2.05, 4.69) is 76.4 Å². The lowest BCUT2D eigenvalue weighted by atomic mass is 9.85. The van der Waals surface area contributed by atoms with Crippen LogP contribution in [0.1, 0.15) is 43.7 Å². The van der Waals surface area contributed by atoms with Crippen molar-refractivity contribution in [2.24, 2.45) is 10.9 Å². The summed E-state index contributed by atoms with van der Waals surface area (Å²) in [5, 5.41) is 0.786. The number of rotatable bonds is 6. The van der Waals surface area contributed by atoms with Gasteiger partial charge in [0.25, 0.3) is 5.91 Å². The number of halogens is 2. The van der Waals surface area contributed by atoms with Gasteiger partial charge in [-0.1, -0.05) is 68.3 Å². The number of ether oxygens (including phenoxy) is 1. The molecule has 1 amide bonds. The van der Waals surface area contributed by atoms with E-state index >= 15 is 0 Å². The highest BCUT2D eigenvalue weighted by Gasteiger charge is 2.41. The van der Waals surface area contributed by atoms with Crippen molar-refractivity contribution in [1.82, 2.24) is 4.90 Å². The SMILES string of the molecule is C[C@H]1CCCC[C@H]1N1C(=O)/C(=C/c2cc(I)c(OCc3ccccc3)c(I)c2)SC1=Nc1ccccc1. The fraction of sp³-hybridized carbons (Fsp3) is 0.267. The van der Waals surface area contributed by atoms with E-state index < -0.39 is 0 Å². The van der Waals surface area contributed by atoms with Gasteiger partial charge in [0.15, 0.2) is 5.17 Å². The molecule has 0 N–H and O–H groups in total. The summed E-state index contributed by atoms with van der Waals surface area (Å²) in [7, 11) is 0. The third kappa shape index (κ3) is 6.42. The number of aliphatic imine (C=N–C) groups is 1. The molecule has 1 saturated heterocycles. The first-order valence-electron chi connectivity index (χ1n) is 12.5. The number of amidine groups is 1. The molecule has 7 heteroatoms. The first kappa shape index (κ1) is 26.7. The minimum atomic E-state index is 0.0628. The molecule has 1 aliphatic carbocycles. The fourth-order valence-electron chi connectivity index (χ4n) is 4.83. The van der Waals surface area contributed by atoms with Crippen molar-refractivity contribution in [1.29, 1.82) is 0 Å². The maximum atomic E-state index is 13.8. The Kier molecular flexibility index (Phi) is 8.92. The number of nitrogens with zero attached hydrogens (tertiary/aromatic N) is 2. The number of hydrogen-bond donors (Lipinski definition) is 0. The molecule has 3 aromatic rings. The summed E-state index contributed by atoms with van der Waals surface area (Å²) in [5.41, 5.74) is 3.00. The average molecular weight is 734 g/mol. The Bertz CT molecular complexity index is 1300. The van der Waals surface area contributed by atoms with E-state index in [-0.39, 0.29) is 11.9 Å². The van der Waals surface area contributed by atoms with Crippen molar-refractivity contribution in [3.05, 3.63) is 96.0 Å². The molecular formula is C30H28I2N2O2S. The Morgan fingerprint density at radius 3 is 2.32 bits per heavy atom. The zero-order valence-electron chi connectivity index (χ0n) is 20.6. The molecule has 0 spiro atoms. The molecule has 0 aromatic heterocycles. The molecule has 1 saturated carbocycles. The van der Waals surface area contributed by atoms with Crippen LogP contribution in [0, 0.1) is 13.1 Å². The molecular weight excluding hydrogens is 706 g/mol. The lowest BCUT2D eigenvalue weighted by molar-refractivity contribution is -0.124. The molecule has 2 fully saturated rings. The Hall–Kier alpha value is -1.85.